The van der Waals surface area contributed by atoms with E-state index >= 15 is 0 Å². The van der Waals surface area contributed by atoms with E-state index in [9.17, 15) is 0 Å². The van der Waals surface area contributed by atoms with Gasteiger partial charge in [0.1, 0.15) is 0 Å². The predicted molar refractivity (Wildman–Crippen MR) is 110 cm³/mol. The number of hydrogen-bond donors (Lipinski definition) is 4. The zero-order valence-corrected chi connectivity index (χ0v) is 15.0. The van der Waals surface area contributed by atoms with Crippen LogP contribution >= 0.6 is 0 Å². The number of aryl methyl sites for hydroxylation is 1. The van der Waals surface area contributed by atoms with Gasteiger partial charge in [0.2, 0.25) is 0 Å². The number of H-pyrrole nitrogens is 1. The van der Waals surface area contributed by atoms with Crippen molar-refractivity contribution in [1.82, 2.24) is 10.2 Å². The number of hydrogen-bond acceptors (Lipinski definition) is 4. The highest BCUT2D eigenvalue weighted by Gasteiger charge is 2.12. The highest BCUT2D eigenvalue weighted by molar-refractivity contribution is 5.97. The van der Waals surface area contributed by atoms with Gasteiger partial charge in [0.25, 0.3) is 0 Å². The molecule has 5 nitrogen and oxygen atoms in total. The quantitative estimate of drug-likeness (QED) is 0.520. The molecule has 0 spiro atoms. The predicted octanol–water partition coefficient (Wildman–Crippen LogP) is 4.26. The normalized spacial score (nSPS) is 12.0. The maximum absolute atomic E-state index is 5.97. The van der Waals surface area contributed by atoms with Crippen LogP contribution in [0.3, 0.4) is 0 Å². The molecule has 2 aromatic carbocycles. The molecule has 5 heteroatoms. The van der Waals surface area contributed by atoms with Crippen LogP contribution in [0.25, 0.3) is 28.1 Å². The molecule has 0 radical (unpaired) electrons. The summed E-state index contributed by atoms with van der Waals surface area (Å²) in [4.78, 5) is 0. The minimum atomic E-state index is 0.606. The second-order valence-electron chi connectivity index (χ2n) is 6.10. The Morgan fingerprint density at radius 2 is 2.12 bits per heavy atom. The van der Waals surface area contributed by atoms with Crippen LogP contribution in [0, 0.1) is 6.92 Å². The molecular formula is C21H23N5. The Kier molecular flexibility index (Phi) is 4.80. The van der Waals surface area contributed by atoms with Gasteiger partial charge >= 0.3 is 0 Å². The molecule has 0 aliphatic heterocycles. The summed E-state index contributed by atoms with van der Waals surface area (Å²) in [6.07, 6.45) is 7.09. The molecule has 0 aliphatic rings. The molecule has 0 saturated carbocycles. The van der Waals surface area contributed by atoms with Crippen LogP contribution < -0.4 is 16.8 Å². The number of aromatic nitrogens is 2. The summed E-state index contributed by atoms with van der Waals surface area (Å²) < 4.78 is 0. The zero-order valence-electron chi connectivity index (χ0n) is 15.0. The maximum Gasteiger partial charge on any atom is 0.0677 e. The van der Waals surface area contributed by atoms with Crippen molar-refractivity contribution < 1.29 is 0 Å². The molecule has 0 amide bonds. The van der Waals surface area contributed by atoms with Crippen molar-refractivity contribution in [2.24, 2.45) is 11.5 Å². The summed E-state index contributed by atoms with van der Waals surface area (Å²) in [6.45, 7) is 7.96. The molecule has 0 atom stereocenters. The molecule has 0 saturated heterocycles. The Balaban J connectivity index is 2.18. The number of benzene rings is 2. The SMILES string of the molecule is C=C(Nc1cc(-c2cccc(C)c2/C=C\N)cc2[nH]ncc12)/C(N)=C/C. The summed E-state index contributed by atoms with van der Waals surface area (Å²) in [6, 6.07) is 10.4. The number of anilines is 1. The van der Waals surface area contributed by atoms with E-state index in [1.54, 1.807) is 12.4 Å². The second-order valence-corrected chi connectivity index (χ2v) is 6.10. The van der Waals surface area contributed by atoms with Gasteiger partial charge in [-0.3, -0.25) is 5.10 Å². The van der Waals surface area contributed by atoms with Gasteiger partial charge in [-0.15, -0.1) is 0 Å². The van der Waals surface area contributed by atoms with Gasteiger partial charge in [0.15, 0.2) is 0 Å². The van der Waals surface area contributed by atoms with Crippen molar-refractivity contribution in [3.05, 3.63) is 77.9 Å². The molecule has 1 aromatic heterocycles. The standard InChI is InChI=1S/C21H23N5/c1-4-19(23)14(3)25-20-10-15(11-21-18(20)12-24-26-21)17-7-5-6-13(2)16(17)8-9-22/h4-12,25H,3,22-23H2,1-2H3,(H,24,26)/b9-8-,19-4-. The molecule has 0 unspecified atom stereocenters. The fraction of sp³-hybridized carbons (Fsp3) is 0.0952. The fourth-order valence-electron chi connectivity index (χ4n) is 2.97. The number of nitrogens with two attached hydrogens (primary N) is 2. The molecule has 0 bridgehead atoms. The van der Waals surface area contributed by atoms with E-state index in [0.29, 0.717) is 11.4 Å². The molecule has 3 aromatic rings. The molecule has 0 aliphatic carbocycles. The minimum absolute atomic E-state index is 0.606. The number of nitrogens with one attached hydrogen (secondary N) is 2. The molecular weight excluding hydrogens is 322 g/mol. The van der Waals surface area contributed by atoms with E-state index in [-0.39, 0.29) is 0 Å². The average molecular weight is 345 g/mol. The average Bonchev–Trinajstić information content (AvgIpc) is 3.11. The van der Waals surface area contributed by atoms with E-state index < -0.39 is 0 Å². The Labute approximate surface area is 153 Å². The lowest BCUT2D eigenvalue weighted by Gasteiger charge is -2.14. The van der Waals surface area contributed by atoms with Crippen molar-refractivity contribution >= 4 is 22.7 Å². The second kappa shape index (κ2) is 7.19. The van der Waals surface area contributed by atoms with Gasteiger partial charge < -0.3 is 16.8 Å². The highest BCUT2D eigenvalue weighted by atomic mass is 15.1. The third kappa shape index (κ3) is 3.19. The lowest BCUT2D eigenvalue weighted by atomic mass is 9.94. The Hall–Kier alpha value is -3.47. The summed E-state index contributed by atoms with van der Waals surface area (Å²) >= 11 is 0. The number of fused-ring (bicyclic) bond motifs is 1. The van der Waals surface area contributed by atoms with E-state index in [0.717, 1.165) is 38.8 Å². The van der Waals surface area contributed by atoms with Crippen molar-refractivity contribution in [1.29, 1.82) is 0 Å². The van der Waals surface area contributed by atoms with Gasteiger partial charge in [0.05, 0.1) is 28.8 Å². The summed E-state index contributed by atoms with van der Waals surface area (Å²) in [5, 5.41) is 11.5. The first-order chi connectivity index (χ1) is 12.5. The molecule has 26 heavy (non-hydrogen) atoms. The number of aromatic amines is 1. The highest BCUT2D eigenvalue weighted by Crippen LogP contribution is 2.34. The number of rotatable bonds is 5. The third-order valence-corrected chi connectivity index (χ3v) is 4.40. The summed E-state index contributed by atoms with van der Waals surface area (Å²) in [5.41, 5.74) is 19.1. The molecule has 1 heterocycles. The van der Waals surface area contributed by atoms with Crippen LogP contribution in [0.2, 0.25) is 0 Å². The lowest BCUT2D eigenvalue weighted by molar-refractivity contribution is 1.12. The Morgan fingerprint density at radius 3 is 2.85 bits per heavy atom. The zero-order chi connectivity index (χ0) is 18.7. The van der Waals surface area contributed by atoms with E-state index in [1.165, 1.54) is 0 Å². The van der Waals surface area contributed by atoms with Crippen molar-refractivity contribution in [2.75, 3.05) is 5.32 Å². The molecule has 3 rings (SSSR count). The largest absolute Gasteiger partial charge is 0.405 e. The third-order valence-electron chi connectivity index (χ3n) is 4.40. The van der Waals surface area contributed by atoms with Gasteiger partial charge in [-0.05, 0) is 60.5 Å². The van der Waals surface area contributed by atoms with Crippen molar-refractivity contribution in [2.45, 2.75) is 13.8 Å². The Bertz CT molecular complexity index is 1020. The summed E-state index contributed by atoms with van der Waals surface area (Å²) in [7, 11) is 0. The van der Waals surface area contributed by atoms with Crippen LogP contribution in [-0.4, -0.2) is 10.2 Å². The molecule has 6 N–H and O–H groups in total. The van der Waals surface area contributed by atoms with Gasteiger partial charge in [-0.1, -0.05) is 30.9 Å². The first kappa shape index (κ1) is 17.4. The summed E-state index contributed by atoms with van der Waals surface area (Å²) in [5.74, 6) is 0. The first-order valence-electron chi connectivity index (χ1n) is 8.38. The van der Waals surface area contributed by atoms with Crippen LogP contribution in [0.4, 0.5) is 5.69 Å². The van der Waals surface area contributed by atoms with E-state index in [2.05, 4.69) is 53.3 Å². The van der Waals surface area contributed by atoms with Crippen LogP contribution in [0.15, 0.2) is 66.8 Å². The molecule has 0 fully saturated rings. The number of allylic oxidation sites excluding steroid dienone is 1. The van der Waals surface area contributed by atoms with Gasteiger partial charge in [-0.25, -0.2) is 0 Å². The lowest BCUT2D eigenvalue weighted by Crippen LogP contribution is -2.08. The molecule has 132 valence electrons. The van der Waals surface area contributed by atoms with Crippen LogP contribution in [0.1, 0.15) is 18.1 Å². The van der Waals surface area contributed by atoms with Crippen LogP contribution in [-0.2, 0) is 0 Å². The Morgan fingerprint density at radius 1 is 1.31 bits per heavy atom. The van der Waals surface area contributed by atoms with E-state index in [4.69, 9.17) is 11.5 Å². The fourth-order valence-corrected chi connectivity index (χ4v) is 2.97. The van der Waals surface area contributed by atoms with Crippen molar-refractivity contribution in [3.63, 3.8) is 0 Å². The van der Waals surface area contributed by atoms with Gasteiger partial charge in [-0.2, -0.15) is 5.10 Å². The monoisotopic (exact) mass is 345 g/mol. The maximum atomic E-state index is 5.97. The van der Waals surface area contributed by atoms with Gasteiger partial charge in [0, 0.05) is 5.39 Å². The van der Waals surface area contributed by atoms with E-state index in [1.807, 2.05) is 25.1 Å². The first-order valence-corrected chi connectivity index (χ1v) is 8.38. The van der Waals surface area contributed by atoms with Crippen molar-refractivity contribution in [3.8, 4) is 11.1 Å². The smallest absolute Gasteiger partial charge is 0.0677 e. The minimum Gasteiger partial charge on any atom is -0.405 e. The number of nitrogens with zero attached hydrogens (tertiary/aromatic N) is 1. The van der Waals surface area contributed by atoms with Crippen LogP contribution in [0.5, 0.6) is 0 Å². The topological polar surface area (TPSA) is 92.7 Å².